The van der Waals surface area contributed by atoms with Gasteiger partial charge in [-0.25, -0.2) is 0 Å². The molecule has 3 fully saturated rings. The predicted octanol–water partition coefficient (Wildman–Crippen LogP) is 2.45. The average molecular weight is 284 g/mol. The zero-order valence-electron chi connectivity index (χ0n) is 12.8. The molecule has 2 aliphatic heterocycles. The Morgan fingerprint density at radius 1 is 1.19 bits per heavy atom. The summed E-state index contributed by atoms with van der Waals surface area (Å²) in [5.41, 5.74) is 3.28. The predicted molar refractivity (Wildman–Crippen MR) is 84.8 cm³/mol. The summed E-state index contributed by atoms with van der Waals surface area (Å²) in [6, 6.07) is 9.21. The monoisotopic (exact) mass is 284 g/mol. The van der Waals surface area contributed by atoms with E-state index in [0.717, 1.165) is 19.0 Å². The van der Waals surface area contributed by atoms with Gasteiger partial charge in [0.25, 0.3) is 0 Å². The van der Waals surface area contributed by atoms with E-state index in [4.69, 9.17) is 0 Å². The van der Waals surface area contributed by atoms with E-state index < -0.39 is 0 Å². The van der Waals surface area contributed by atoms with Crippen LogP contribution in [0.3, 0.4) is 0 Å². The van der Waals surface area contributed by atoms with Crippen LogP contribution in [-0.4, -0.2) is 43.4 Å². The molecule has 4 rings (SSSR count). The maximum atomic E-state index is 11.3. The van der Waals surface area contributed by atoms with Gasteiger partial charge in [-0.05, 0) is 36.6 Å². The number of anilines is 1. The van der Waals surface area contributed by atoms with Crippen molar-refractivity contribution in [1.82, 2.24) is 4.90 Å². The number of hydrogen-bond acceptors (Lipinski definition) is 3. The van der Waals surface area contributed by atoms with Crippen molar-refractivity contribution in [3.63, 3.8) is 0 Å². The lowest BCUT2D eigenvalue weighted by Gasteiger charge is -2.28. The van der Waals surface area contributed by atoms with E-state index in [9.17, 15) is 4.79 Å². The smallest absolute Gasteiger partial charge is 0.136 e. The van der Waals surface area contributed by atoms with Crippen LogP contribution in [0.4, 0.5) is 5.69 Å². The first kappa shape index (κ1) is 13.3. The Bertz CT molecular complexity index is 543. The molecule has 0 bridgehead atoms. The third-order valence-electron chi connectivity index (χ3n) is 5.79. The number of carbonyl (C=O) groups excluding carboxylic acids is 1. The normalized spacial score (nSPS) is 32.3. The van der Waals surface area contributed by atoms with Crippen molar-refractivity contribution in [2.75, 3.05) is 37.6 Å². The van der Waals surface area contributed by atoms with Crippen LogP contribution in [-0.2, 0) is 10.2 Å². The van der Waals surface area contributed by atoms with Gasteiger partial charge in [0, 0.05) is 50.1 Å². The van der Waals surface area contributed by atoms with Crippen LogP contribution in [0.1, 0.15) is 31.7 Å². The van der Waals surface area contributed by atoms with Crippen LogP contribution in [0.2, 0.25) is 0 Å². The SMILES string of the molecule is CCN1CC2CC2(c2ccc(N3CCC(=O)CC3)cc2)C1. The Balaban J connectivity index is 1.49. The molecule has 1 aromatic rings. The first-order chi connectivity index (χ1) is 10.2. The molecule has 3 aliphatic rings. The van der Waals surface area contributed by atoms with Crippen molar-refractivity contribution in [2.24, 2.45) is 5.92 Å². The highest BCUT2D eigenvalue weighted by molar-refractivity contribution is 5.81. The average Bonchev–Trinajstić information content (AvgIpc) is 3.10. The third-order valence-corrected chi connectivity index (χ3v) is 5.79. The largest absolute Gasteiger partial charge is 0.371 e. The van der Waals surface area contributed by atoms with Crippen molar-refractivity contribution in [3.8, 4) is 0 Å². The van der Waals surface area contributed by atoms with E-state index >= 15 is 0 Å². The summed E-state index contributed by atoms with van der Waals surface area (Å²) in [6.45, 7) is 7.74. The quantitative estimate of drug-likeness (QED) is 0.852. The molecule has 0 aromatic heterocycles. The van der Waals surface area contributed by atoms with Crippen molar-refractivity contribution in [1.29, 1.82) is 0 Å². The molecular weight excluding hydrogens is 260 g/mol. The number of ketones is 1. The van der Waals surface area contributed by atoms with Crippen LogP contribution in [0, 0.1) is 5.92 Å². The van der Waals surface area contributed by atoms with Crippen molar-refractivity contribution in [3.05, 3.63) is 29.8 Å². The summed E-state index contributed by atoms with van der Waals surface area (Å²) in [5, 5.41) is 0. The highest BCUT2D eigenvalue weighted by Crippen LogP contribution is 2.58. The number of carbonyl (C=O) groups is 1. The Labute approximate surface area is 126 Å². The van der Waals surface area contributed by atoms with Crippen molar-refractivity contribution in [2.45, 2.75) is 31.6 Å². The fourth-order valence-corrected chi connectivity index (χ4v) is 4.29. The van der Waals surface area contributed by atoms with E-state index in [2.05, 4.69) is 41.0 Å². The lowest BCUT2D eigenvalue weighted by molar-refractivity contribution is -0.119. The number of Topliss-reactive ketones (excluding diaryl/α,β-unsaturated/α-hetero) is 1. The number of likely N-dealkylation sites (tertiary alicyclic amines) is 1. The second kappa shape index (κ2) is 4.84. The third kappa shape index (κ3) is 2.18. The van der Waals surface area contributed by atoms with Crippen LogP contribution in [0.25, 0.3) is 0 Å². The fraction of sp³-hybridized carbons (Fsp3) is 0.611. The Kier molecular flexibility index (Phi) is 3.07. The topological polar surface area (TPSA) is 23.6 Å². The molecule has 3 nitrogen and oxygen atoms in total. The summed E-state index contributed by atoms with van der Waals surface area (Å²) in [6.07, 6.45) is 2.79. The van der Waals surface area contributed by atoms with Gasteiger partial charge in [0.2, 0.25) is 0 Å². The van der Waals surface area contributed by atoms with Crippen LogP contribution in [0.15, 0.2) is 24.3 Å². The van der Waals surface area contributed by atoms with E-state index in [0.29, 0.717) is 24.0 Å². The number of likely N-dealkylation sites (N-methyl/N-ethyl adjacent to an activating group) is 1. The molecule has 1 aliphatic carbocycles. The number of hydrogen-bond donors (Lipinski definition) is 0. The maximum Gasteiger partial charge on any atom is 0.136 e. The Morgan fingerprint density at radius 2 is 1.90 bits per heavy atom. The van der Waals surface area contributed by atoms with E-state index in [1.165, 1.54) is 37.3 Å². The molecule has 2 saturated heterocycles. The van der Waals surface area contributed by atoms with Crippen molar-refractivity contribution >= 4 is 11.5 Å². The lowest BCUT2D eigenvalue weighted by atomic mass is 9.94. The molecule has 2 heterocycles. The number of piperidine rings is 2. The van der Waals surface area contributed by atoms with Crippen LogP contribution >= 0.6 is 0 Å². The Hall–Kier alpha value is -1.35. The number of rotatable bonds is 3. The standard InChI is InChI=1S/C18H24N2O/c1-2-19-12-15-11-18(15,13-19)14-3-5-16(6-4-14)20-9-7-17(21)8-10-20/h3-6,15H,2,7-13H2,1H3. The molecule has 3 heteroatoms. The molecular formula is C18H24N2O. The molecule has 2 unspecified atom stereocenters. The maximum absolute atomic E-state index is 11.3. The lowest BCUT2D eigenvalue weighted by Crippen LogP contribution is -2.33. The molecule has 0 radical (unpaired) electrons. The molecule has 2 atom stereocenters. The van der Waals surface area contributed by atoms with Gasteiger partial charge in [-0.15, -0.1) is 0 Å². The van der Waals surface area contributed by atoms with Gasteiger partial charge in [0.05, 0.1) is 0 Å². The molecule has 1 saturated carbocycles. The summed E-state index contributed by atoms with van der Waals surface area (Å²) < 4.78 is 0. The van der Waals surface area contributed by atoms with Gasteiger partial charge < -0.3 is 9.80 Å². The second-order valence-electron chi connectivity index (χ2n) is 6.96. The summed E-state index contributed by atoms with van der Waals surface area (Å²) in [7, 11) is 0. The first-order valence-electron chi connectivity index (χ1n) is 8.31. The number of fused-ring (bicyclic) bond motifs is 1. The zero-order valence-corrected chi connectivity index (χ0v) is 12.8. The fourth-order valence-electron chi connectivity index (χ4n) is 4.29. The first-order valence-corrected chi connectivity index (χ1v) is 8.31. The summed E-state index contributed by atoms with van der Waals surface area (Å²) >= 11 is 0. The minimum atomic E-state index is 0.410. The highest BCUT2D eigenvalue weighted by atomic mass is 16.1. The highest BCUT2D eigenvalue weighted by Gasteiger charge is 2.60. The van der Waals surface area contributed by atoms with Gasteiger partial charge in [-0.1, -0.05) is 19.1 Å². The van der Waals surface area contributed by atoms with Crippen LogP contribution in [0.5, 0.6) is 0 Å². The molecule has 0 N–H and O–H groups in total. The summed E-state index contributed by atoms with van der Waals surface area (Å²) in [5.74, 6) is 1.30. The summed E-state index contributed by atoms with van der Waals surface area (Å²) in [4.78, 5) is 16.3. The number of nitrogens with zero attached hydrogens (tertiary/aromatic N) is 2. The van der Waals surface area contributed by atoms with E-state index in [1.54, 1.807) is 0 Å². The van der Waals surface area contributed by atoms with Gasteiger partial charge in [0.1, 0.15) is 5.78 Å². The minimum Gasteiger partial charge on any atom is -0.371 e. The molecule has 21 heavy (non-hydrogen) atoms. The van der Waals surface area contributed by atoms with Crippen molar-refractivity contribution < 1.29 is 4.79 Å². The number of benzene rings is 1. The molecule has 0 spiro atoms. The van der Waals surface area contributed by atoms with E-state index in [1.807, 2.05) is 0 Å². The minimum absolute atomic E-state index is 0.410. The Morgan fingerprint density at radius 3 is 2.52 bits per heavy atom. The molecule has 112 valence electrons. The zero-order chi connectivity index (χ0) is 14.4. The van der Waals surface area contributed by atoms with Gasteiger partial charge in [-0.3, -0.25) is 4.79 Å². The second-order valence-corrected chi connectivity index (χ2v) is 6.96. The van der Waals surface area contributed by atoms with Gasteiger partial charge in [0.15, 0.2) is 0 Å². The van der Waals surface area contributed by atoms with Gasteiger partial charge in [-0.2, -0.15) is 0 Å². The van der Waals surface area contributed by atoms with Crippen LogP contribution < -0.4 is 4.90 Å². The molecule has 0 amide bonds. The van der Waals surface area contributed by atoms with Gasteiger partial charge >= 0.3 is 0 Å². The molecule has 1 aromatic carbocycles. The van der Waals surface area contributed by atoms with E-state index in [-0.39, 0.29) is 0 Å².